The van der Waals surface area contributed by atoms with Crippen molar-refractivity contribution in [3.63, 3.8) is 0 Å². The zero-order valence-corrected chi connectivity index (χ0v) is 16.6. The molecule has 2 amide bonds. The minimum absolute atomic E-state index is 0.109. The average Bonchev–Trinajstić information content (AvgIpc) is 2.73. The summed E-state index contributed by atoms with van der Waals surface area (Å²) in [5.41, 5.74) is -0.702. The normalized spacial score (nSPS) is 10.5. The summed E-state index contributed by atoms with van der Waals surface area (Å²) in [5, 5.41) is 25.0. The van der Waals surface area contributed by atoms with Gasteiger partial charge in [-0.05, 0) is 18.6 Å². The summed E-state index contributed by atoms with van der Waals surface area (Å²) in [6, 6.07) is 11.5. The lowest BCUT2D eigenvalue weighted by molar-refractivity contribution is -0.394. The number of non-ortho nitro benzene ring substituents is 2. The molecule has 0 saturated heterocycles. The van der Waals surface area contributed by atoms with E-state index in [1.54, 1.807) is 44.2 Å². The van der Waals surface area contributed by atoms with Gasteiger partial charge >= 0.3 is 0 Å². The minimum atomic E-state index is -0.780. The molecule has 0 radical (unpaired) electrons. The molecule has 0 atom stereocenters. The number of hydrogen-bond donors (Lipinski definition) is 1. The fourth-order valence-corrected chi connectivity index (χ4v) is 2.69. The second kappa shape index (κ2) is 10.1. The third-order valence-corrected chi connectivity index (χ3v) is 4.27. The van der Waals surface area contributed by atoms with Crippen molar-refractivity contribution in [2.24, 2.45) is 5.92 Å². The third-order valence-electron chi connectivity index (χ3n) is 4.27. The number of carbonyl (C=O) groups is 2. The van der Waals surface area contributed by atoms with Gasteiger partial charge in [0, 0.05) is 36.8 Å². The predicted octanol–water partition coefficient (Wildman–Crippen LogP) is 3.31. The van der Waals surface area contributed by atoms with Gasteiger partial charge in [-0.2, -0.15) is 0 Å². The Balaban J connectivity index is 2.30. The van der Waals surface area contributed by atoms with E-state index in [1.165, 1.54) is 4.90 Å². The highest BCUT2D eigenvalue weighted by molar-refractivity contribution is 6.06. The molecular formula is C20H22N4O6. The number of hydrogen-bond acceptors (Lipinski definition) is 6. The average molecular weight is 414 g/mol. The van der Waals surface area contributed by atoms with E-state index in [9.17, 15) is 29.8 Å². The Morgan fingerprint density at radius 3 is 2.07 bits per heavy atom. The Kier molecular flexibility index (Phi) is 7.56. The van der Waals surface area contributed by atoms with Gasteiger partial charge in [0.2, 0.25) is 5.91 Å². The Labute approximate surface area is 172 Å². The summed E-state index contributed by atoms with van der Waals surface area (Å²) in [4.78, 5) is 46.9. The van der Waals surface area contributed by atoms with Crippen LogP contribution in [0.3, 0.4) is 0 Å². The van der Waals surface area contributed by atoms with Gasteiger partial charge in [-0.25, -0.2) is 0 Å². The molecule has 0 aliphatic carbocycles. The molecule has 0 aliphatic heterocycles. The number of nitrogens with one attached hydrogen (secondary N) is 1. The van der Waals surface area contributed by atoms with E-state index >= 15 is 0 Å². The first kappa shape index (κ1) is 22.5. The van der Waals surface area contributed by atoms with Gasteiger partial charge in [0.05, 0.1) is 21.5 Å². The molecule has 0 bridgehead atoms. The van der Waals surface area contributed by atoms with E-state index in [0.717, 1.165) is 18.2 Å². The van der Waals surface area contributed by atoms with Gasteiger partial charge in [0.1, 0.15) is 0 Å². The fourth-order valence-electron chi connectivity index (χ4n) is 2.69. The van der Waals surface area contributed by atoms with Crippen LogP contribution in [0.15, 0.2) is 48.5 Å². The van der Waals surface area contributed by atoms with Crippen molar-refractivity contribution in [1.82, 2.24) is 5.32 Å². The van der Waals surface area contributed by atoms with Crippen LogP contribution in [0.1, 0.15) is 30.6 Å². The van der Waals surface area contributed by atoms with Crippen LogP contribution in [-0.4, -0.2) is 34.8 Å². The van der Waals surface area contributed by atoms with Crippen molar-refractivity contribution in [3.05, 3.63) is 74.3 Å². The van der Waals surface area contributed by atoms with E-state index in [4.69, 9.17) is 0 Å². The van der Waals surface area contributed by atoms with Crippen LogP contribution < -0.4 is 10.2 Å². The molecule has 0 unspecified atom stereocenters. The maximum Gasteiger partial charge on any atom is 0.277 e. The van der Waals surface area contributed by atoms with Gasteiger partial charge in [-0.15, -0.1) is 0 Å². The second-order valence-electron chi connectivity index (χ2n) is 6.84. The van der Waals surface area contributed by atoms with Crippen molar-refractivity contribution in [2.75, 3.05) is 18.0 Å². The zero-order chi connectivity index (χ0) is 22.3. The molecule has 2 rings (SSSR count). The molecule has 0 saturated carbocycles. The minimum Gasteiger partial charge on any atom is -0.356 e. The summed E-state index contributed by atoms with van der Waals surface area (Å²) in [7, 11) is 0. The standard InChI is InChI=1S/C20H22N4O6/c1-14(2)19(25)21-9-6-10-22(16-7-4-3-5-8-16)20(26)15-11-17(23(27)28)13-18(12-15)24(29)30/h3-5,7-8,11-14H,6,9-10H2,1-2H3,(H,21,25). The van der Waals surface area contributed by atoms with Crippen LogP contribution in [0, 0.1) is 26.1 Å². The predicted molar refractivity (Wildman–Crippen MR) is 110 cm³/mol. The highest BCUT2D eigenvalue weighted by atomic mass is 16.6. The smallest absolute Gasteiger partial charge is 0.277 e. The number of benzene rings is 2. The van der Waals surface area contributed by atoms with Crippen LogP contribution in [-0.2, 0) is 4.79 Å². The van der Waals surface area contributed by atoms with Crippen LogP contribution in [0.25, 0.3) is 0 Å². The summed E-state index contributed by atoms with van der Waals surface area (Å²) < 4.78 is 0. The number of nitrogens with zero attached hydrogens (tertiary/aromatic N) is 3. The maximum absolute atomic E-state index is 13.1. The lowest BCUT2D eigenvalue weighted by Crippen LogP contribution is -2.35. The Hall–Kier alpha value is -3.82. The molecular weight excluding hydrogens is 392 g/mol. The molecule has 0 spiro atoms. The topological polar surface area (TPSA) is 136 Å². The quantitative estimate of drug-likeness (QED) is 0.380. The van der Waals surface area contributed by atoms with E-state index in [0.29, 0.717) is 18.7 Å². The molecule has 0 fully saturated rings. The van der Waals surface area contributed by atoms with Gasteiger partial charge in [-0.3, -0.25) is 29.8 Å². The van der Waals surface area contributed by atoms with Crippen molar-refractivity contribution in [1.29, 1.82) is 0 Å². The Morgan fingerprint density at radius 1 is 1.00 bits per heavy atom. The molecule has 0 aromatic heterocycles. The summed E-state index contributed by atoms with van der Waals surface area (Å²) >= 11 is 0. The number of nitro groups is 2. The monoisotopic (exact) mass is 414 g/mol. The number of amides is 2. The summed E-state index contributed by atoms with van der Waals surface area (Å²) in [6.07, 6.45) is 0.427. The number of nitro benzene ring substituents is 2. The summed E-state index contributed by atoms with van der Waals surface area (Å²) in [6.45, 7) is 4.08. The van der Waals surface area contributed by atoms with Crippen molar-refractivity contribution >= 4 is 28.9 Å². The first-order valence-corrected chi connectivity index (χ1v) is 9.29. The molecule has 158 valence electrons. The first-order valence-electron chi connectivity index (χ1n) is 9.29. The Bertz CT molecular complexity index is 913. The molecule has 1 N–H and O–H groups in total. The van der Waals surface area contributed by atoms with Gasteiger partial charge in [0.15, 0.2) is 0 Å². The van der Waals surface area contributed by atoms with Crippen LogP contribution >= 0.6 is 0 Å². The maximum atomic E-state index is 13.1. The van der Waals surface area contributed by atoms with Crippen LogP contribution in [0.4, 0.5) is 17.1 Å². The van der Waals surface area contributed by atoms with Gasteiger partial charge in [0.25, 0.3) is 17.3 Å². The molecule has 2 aromatic carbocycles. The molecule has 10 nitrogen and oxygen atoms in total. The van der Waals surface area contributed by atoms with Crippen molar-refractivity contribution in [2.45, 2.75) is 20.3 Å². The highest BCUT2D eigenvalue weighted by Gasteiger charge is 2.24. The van der Waals surface area contributed by atoms with Crippen LogP contribution in [0.2, 0.25) is 0 Å². The molecule has 30 heavy (non-hydrogen) atoms. The zero-order valence-electron chi connectivity index (χ0n) is 16.6. The fraction of sp³-hybridized carbons (Fsp3) is 0.300. The molecule has 0 aliphatic rings. The second-order valence-corrected chi connectivity index (χ2v) is 6.84. The molecule has 0 heterocycles. The van der Waals surface area contributed by atoms with Crippen molar-refractivity contribution < 1.29 is 19.4 Å². The van der Waals surface area contributed by atoms with E-state index < -0.39 is 27.1 Å². The Morgan fingerprint density at radius 2 is 1.57 bits per heavy atom. The number of para-hydroxylation sites is 1. The lowest BCUT2D eigenvalue weighted by atomic mass is 10.1. The van der Waals surface area contributed by atoms with Gasteiger partial charge in [-0.1, -0.05) is 32.0 Å². The number of carbonyl (C=O) groups excluding carboxylic acids is 2. The third kappa shape index (κ3) is 5.84. The van der Waals surface area contributed by atoms with Gasteiger partial charge < -0.3 is 10.2 Å². The molecule has 10 heteroatoms. The SMILES string of the molecule is CC(C)C(=O)NCCCN(C(=O)c1cc([N+](=O)[O-])cc([N+](=O)[O-])c1)c1ccccc1. The number of rotatable bonds is 9. The lowest BCUT2D eigenvalue weighted by Gasteiger charge is -2.23. The number of anilines is 1. The van der Waals surface area contributed by atoms with Crippen LogP contribution in [0.5, 0.6) is 0 Å². The summed E-state index contributed by atoms with van der Waals surface area (Å²) in [5.74, 6) is -0.882. The van der Waals surface area contributed by atoms with E-state index in [-0.39, 0.29) is 23.9 Å². The van der Waals surface area contributed by atoms with E-state index in [2.05, 4.69) is 5.32 Å². The van der Waals surface area contributed by atoms with Crippen molar-refractivity contribution in [3.8, 4) is 0 Å². The first-order chi connectivity index (χ1) is 14.2. The largest absolute Gasteiger partial charge is 0.356 e. The highest BCUT2D eigenvalue weighted by Crippen LogP contribution is 2.25. The molecule has 2 aromatic rings. The van der Waals surface area contributed by atoms with E-state index in [1.807, 2.05) is 0 Å².